The maximum absolute atomic E-state index is 11.6. The van der Waals surface area contributed by atoms with Crippen LogP contribution in [0.3, 0.4) is 0 Å². The Labute approximate surface area is 124 Å². The standard InChI is InChI=1S/C14H22N4O3/c1-18-8-5-11(6-9-18)14-16-13(21-17-14)4-3-12(19)15-7-10-20-2/h5H,3-4,6-10H2,1-2H3,(H,15,19). The van der Waals surface area contributed by atoms with E-state index >= 15 is 0 Å². The Kier molecular flexibility index (Phi) is 5.89. The summed E-state index contributed by atoms with van der Waals surface area (Å²) in [6, 6.07) is 0. The molecular weight excluding hydrogens is 272 g/mol. The molecule has 21 heavy (non-hydrogen) atoms. The van der Waals surface area contributed by atoms with Gasteiger partial charge in [0.2, 0.25) is 11.8 Å². The van der Waals surface area contributed by atoms with Gasteiger partial charge in [0.15, 0.2) is 5.82 Å². The highest BCUT2D eigenvalue weighted by Crippen LogP contribution is 2.19. The molecule has 1 aliphatic rings. The predicted octanol–water partition coefficient (Wildman–Crippen LogP) is 0.484. The van der Waals surface area contributed by atoms with Gasteiger partial charge in [-0.15, -0.1) is 0 Å². The summed E-state index contributed by atoms with van der Waals surface area (Å²) in [6.07, 6.45) is 3.84. The van der Waals surface area contributed by atoms with Crippen LogP contribution in [-0.2, 0) is 16.0 Å². The van der Waals surface area contributed by atoms with E-state index in [0.717, 1.165) is 25.1 Å². The summed E-state index contributed by atoms with van der Waals surface area (Å²) in [5.41, 5.74) is 1.12. The summed E-state index contributed by atoms with van der Waals surface area (Å²) < 4.78 is 10.1. The van der Waals surface area contributed by atoms with Gasteiger partial charge in [0.05, 0.1) is 6.61 Å². The predicted molar refractivity (Wildman–Crippen MR) is 77.6 cm³/mol. The van der Waals surface area contributed by atoms with Crippen LogP contribution in [0.2, 0.25) is 0 Å². The number of carbonyl (C=O) groups excluding carboxylic acids is 1. The first-order valence-corrected chi connectivity index (χ1v) is 7.15. The molecule has 0 fully saturated rings. The fourth-order valence-corrected chi connectivity index (χ4v) is 2.06. The highest BCUT2D eigenvalue weighted by molar-refractivity contribution is 5.76. The number of rotatable bonds is 7. The van der Waals surface area contributed by atoms with Crippen molar-refractivity contribution in [3.8, 4) is 0 Å². The second-order valence-corrected chi connectivity index (χ2v) is 5.10. The number of likely N-dealkylation sites (N-methyl/N-ethyl adjacent to an activating group) is 1. The molecule has 0 aliphatic carbocycles. The number of carbonyl (C=O) groups is 1. The van der Waals surface area contributed by atoms with Crippen molar-refractivity contribution in [1.29, 1.82) is 0 Å². The van der Waals surface area contributed by atoms with E-state index < -0.39 is 0 Å². The largest absolute Gasteiger partial charge is 0.383 e. The minimum Gasteiger partial charge on any atom is -0.383 e. The SMILES string of the molecule is COCCNC(=O)CCc1nc(C2=CCN(C)CC2)no1. The topological polar surface area (TPSA) is 80.5 Å². The molecule has 0 spiro atoms. The fourth-order valence-electron chi connectivity index (χ4n) is 2.06. The van der Waals surface area contributed by atoms with E-state index in [1.807, 2.05) is 0 Å². The monoisotopic (exact) mass is 294 g/mol. The van der Waals surface area contributed by atoms with Crippen LogP contribution in [0, 0.1) is 0 Å². The van der Waals surface area contributed by atoms with Crippen LogP contribution in [0.1, 0.15) is 24.6 Å². The van der Waals surface area contributed by atoms with Gasteiger partial charge in [-0.3, -0.25) is 4.79 Å². The number of methoxy groups -OCH3 is 1. The van der Waals surface area contributed by atoms with Gasteiger partial charge in [0.25, 0.3) is 0 Å². The van der Waals surface area contributed by atoms with Gasteiger partial charge in [-0.2, -0.15) is 4.98 Å². The molecule has 0 atom stereocenters. The summed E-state index contributed by atoms with van der Waals surface area (Å²) in [6.45, 7) is 2.93. The van der Waals surface area contributed by atoms with Gasteiger partial charge in [0, 0.05) is 39.6 Å². The molecule has 1 aliphatic heterocycles. The summed E-state index contributed by atoms with van der Waals surface area (Å²) in [7, 11) is 3.68. The van der Waals surface area contributed by atoms with Crippen molar-refractivity contribution < 1.29 is 14.1 Å². The zero-order valence-corrected chi connectivity index (χ0v) is 12.6. The molecule has 1 amide bonds. The van der Waals surface area contributed by atoms with Crippen molar-refractivity contribution >= 4 is 11.5 Å². The van der Waals surface area contributed by atoms with E-state index in [4.69, 9.17) is 9.26 Å². The number of aryl methyl sites for hydroxylation is 1. The molecule has 7 nitrogen and oxygen atoms in total. The van der Waals surface area contributed by atoms with E-state index in [-0.39, 0.29) is 5.91 Å². The van der Waals surface area contributed by atoms with Crippen LogP contribution in [0.5, 0.6) is 0 Å². The van der Waals surface area contributed by atoms with Crippen molar-refractivity contribution in [2.75, 3.05) is 40.4 Å². The highest BCUT2D eigenvalue weighted by atomic mass is 16.5. The van der Waals surface area contributed by atoms with Crippen LogP contribution in [0.15, 0.2) is 10.6 Å². The maximum Gasteiger partial charge on any atom is 0.227 e. The smallest absolute Gasteiger partial charge is 0.227 e. The van der Waals surface area contributed by atoms with E-state index in [1.54, 1.807) is 7.11 Å². The molecular formula is C14H22N4O3. The van der Waals surface area contributed by atoms with Crippen LogP contribution < -0.4 is 5.32 Å². The van der Waals surface area contributed by atoms with Gasteiger partial charge in [-0.25, -0.2) is 0 Å². The molecule has 1 aromatic heterocycles. The third-order valence-corrected chi connectivity index (χ3v) is 3.36. The molecule has 0 radical (unpaired) electrons. The molecule has 1 N–H and O–H groups in total. The molecule has 116 valence electrons. The second-order valence-electron chi connectivity index (χ2n) is 5.10. The third kappa shape index (κ3) is 4.95. The number of ether oxygens (including phenoxy) is 1. The molecule has 0 saturated carbocycles. The molecule has 1 aromatic rings. The Morgan fingerprint density at radius 2 is 2.43 bits per heavy atom. The average Bonchev–Trinajstić information content (AvgIpc) is 2.95. The summed E-state index contributed by atoms with van der Waals surface area (Å²) in [5.74, 6) is 1.12. The van der Waals surface area contributed by atoms with Crippen molar-refractivity contribution in [3.05, 3.63) is 17.8 Å². The Morgan fingerprint density at radius 3 is 3.14 bits per heavy atom. The van der Waals surface area contributed by atoms with E-state index in [9.17, 15) is 4.79 Å². The highest BCUT2D eigenvalue weighted by Gasteiger charge is 2.15. The van der Waals surface area contributed by atoms with E-state index in [2.05, 4.69) is 33.5 Å². The molecule has 0 aromatic carbocycles. The lowest BCUT2D eigenvalue weighted by Gasteiger charge is -2.19. The maximum atomic E-state index is 11.6. The van der Waals surface area contributed by atoms with Crippen LogP contribution >= 0.6 is 0 Å². The normalized spacial score (nSPS) is 15.8. The van der Waals surface area contributed by atoms with Gasteiger partial charge in [-0.1, -0.05) is 11.2 Å². The summed E-state index contributed by atoms with van der Waals surface area (Å²) >= 11 is 0. The Balaban J connectivity index is 1.79. The number of aromatic nitrogens is 2. The first kappa shape index (κ1) is 15.7. The van der Waals surface area contributed by atoms with Crippen LogP contribution in [0.4, 0.5) is 0 Å². The first-order valence-electron chi connectivity index (χ1n) is 7.15. The van der Waals surface area contributed by atoms with E-state index in [0.29, 0.717) is 37.7 Å². The van der Waals surface area contributed by atoms with Gasteiger partial charge >= 0.3 is 0 Å². The molecule has 2 rings (SSSR count). The van der Waals surface area contributed by atoms with Gasteiger partial charge < -0.3 is 19.5 Å². The van der Waals surface area contributed by atoms with Crippen molar-refractivity contribution in [1.82, 2.24) is 20.4 Å². The number of nitrogens with zero attached hydrogens (tertiary/aromatic N) is 3. The number of hydrogen-bond acceptors (Lipinski definition) is 6. The second kappa shape index (κ2) is 7.90. The summed E-state index contributed by atoms with van der Waals surface area (Å²) in [5, 5.41) is 6.75. The quantitative estimate of drug-likeness (QED) is 0.737. The molecule has 2 heterocycles. The minimum atomic E-state index is -0.0368. The number of hydrogen-bond donors (Lipinski definition) is 1. The van der Waals surface area contributed by atoms with Crippen molar-refractivity contribution in [2.45, 2.75) is 19.3 Å². The third-order valence-electron chi connectivity index (χ3n) is 3.36. The lowest BCUT2D eigenvalue weighted by Crippen LogP contribution is -2.27. The zero-order valence-electron chi connectivity index (χ0n) is 12.6. The first-order chi connectivity index (χ1) is 10.2. The zero-order chi connectivity index (χ0) is 15.1. The number of nitrogens with one attached hydrogen (secondary N) is 1. The minimum absolute atomic E-state index is 0.0368. The van der Waals surface area contributed by atoms with Crippen molar-refractivity contribution in [2.24, 2.45) is 0 Å². The van der Waals surface area contributed by atoms with E-state index in [1.165, 1.54) is 0 Å². The number of amides is 1. The van der Waals surface area contributed by atoms with Crippen LogP contribution in [0.25, 0.3) is 5.57 Å². The fraction of sp³-hybridized carbons (Fsp3) is 0.643. The molecule has 0 saturated heterocycles. The Morgan fingerprint density at radius 1 is 1.57 bits per heavy atom. The Bertz CT molecular complexity index is 498. The van der Waals surface area contributed by atoms with Gasteiger partial charge in [-0.05, 0) is 19.0 Å². The van der Waals surface area contributed by atoms with Crippen LogP contribution in [-0.4, -0.2) is 61.3 Å². The van der Waals surface area contributed by atoms with Gasteiger partial charge in [0.1, 0.15) is 0 Å². The van der Waals surface area contributed by atoms with Crippen molar-refractivity contribution in [3.63, 3.8) is 0 Å². The summed E-state index contributed by atoms with van der Waals surface area (Å²) in [4.78, 5) is 18.2. The molecule has 7 heteroatoms. The molecule has 0 bridgehead atoms. The lowest BCUT2D eigenvalue weighted by atomic mass is 10.1. The lowest BCUT2D eigenvalue weighted by molar-refractivity contribution is -0.121. The Hall–Kier alpha value is -1.73. The average molecular weight is 294 g/mol. The molecule has 0 unspecified atom stereocenters.